The zero-order chi connectivity index (χ0) is 9.40. The zero-order valence-electron chi connectivity index (χ0n) is 7.89. The monoisotopic (exact) mass is 188 g/mol. The standard InChI is InChI=1S/C9H17ClN2/c1-9(2)12(7-3-5-10)8-4-6-11/h9H,3-5,7-8H2,1-2H3. The van der Waals surface area contributed by atoms with E-state index in [4.69, 9.17) is 16.9 Å². The molecule has 0 rings (SSSR count). The van der Waals surface area contributed by atoms with E-state index in [1.54, 1.807) is 0 Å². The molecule has 70 valence electrons. The molecule has 0 aromatic heterocycles. The Morgan fingerprint density at radius 2 is 2.08 bits per heavy atom. The average Bonchev–Trinajstić information content (AvgIpc) is 2.04. The summed E-state index contributed by atoms with van der Waals surface area (Å²) < 4.78 is 0. The van der Waals surface area contributed by atoms with Crippen molar-refractivity contribution in [2.24, 2.45) is 0 Å². The van der Waals surface area contributed by atoms with Crippen molar-refractivity contribution in [3.63, 3.8) is 0 Å². The summed E-state index contributed by atoms with van der Waals surface area (Å²) in [5.74, 6) is 0.704. The van der Waals surface area contributed by atoms with E-state index in [-0.39, 0.29) is 0 Å². The predicted octanol–water partition coefficient (Wildman–Crippen LogP) is 2.24. The molecule has 0 amide bonds. The molecule has 0 bridgehead atoms. The van der Waals surface area contributed by atoms with Gasteiger partial charge in [-0.1, -0.05) is 0 Å². The summed E-state index contributed by atoms with van der Waals surface area (Å²) in [6, 6.07) is 2.67. The van der Waals surface area contributed by atoms with Gasteiger partial charge in [-0.25, -0.2) is 0 Å². The molecule has 0 unspecified atom stereocenters. The van der Waals surface area contributed by atoms with Gasteiger partial charge in [0, 0.05) is 24.9 Å². The zero-order valence-corrected chi connectivity index (χ0v) is 8.64. The lowest BCUT2D eigenvalue weighted by Crippen LogP contribution is -2.32. The maximum absolute atomic E-state index is 8.42. The number of halogens is 1. The molecule has 12 heavy (non-hydrogen) atoms. The fourth-order valence-electron chi connectivity index (χ4n) is 1.08. The van der Waals surface area contributed by atoms with Crippen molar-refractivity contribution in [1.82, 2.24) is 4.90 Å². The van der Waals surface area contributed by atoms with Crippen molar-refractivity contribution >= 4 is 11.6 Å². The third-order valence-electron chi connectivity index (χ3n) is 1.82. The molecule has 0 radical (unpaired) electrons. The number of alkyl halides is 1. The molecule has 0 saturated carbocycles. The smallest absolute Gasteiger partial charge is 0.0635 e. The van der Waals surface area contributed by atoms with E-state index in [0.29, 0.717) is 18.3 Å². The van der Waals surface area contributed by atoms with Gasteiger partial charge in [0.25, 0.3) is 0 Å². The fraction of sp³-hybridized carbons (Fsp3) is 0.889. The van der Waals surface area contributed by atoms with Crippen LogP contribution in [0, 0.1) is 11.3 Å². The summed E-state index contributed by atoms with van der Waals surface area (Å²) in [5.41, 5.74) is 0. The predicted molar refractivity (Wildman–Crippen MR) is 52.3 cm³/mol. The van der Waals surface area contributed by atoms with Gasteiger partial charge in [-0.2, -0.15) is 5.26 Å². The van der Waals surface area contributed by atoms with Crippen LogP contribution in [-0.2, 0) is 0 Å². The van der Waals surface area contributed by atoms with E-state index in [9.17, 15) is 0 Å². The summed E-state index contributed by atoms with van der Waals surface area (Å²) >= 11 is 5.59. The molecule has 0 aromatic rings. The highest BCUT2D eigenvalue weighted by atomic mass is 35.5. The van der Waals surface area contributed by atoms with Gasteiger partial charge in [0.15, 0.2) is 0 Å². The SMILES string of the molecule is CC(C)N(CCC#N)CCCCl. The van der Waals surface area contributed by atoms with Gasteiger partial charge in [0.1, 0.15) is 0 Å². The first-order valence-electron chi connectivity index (χ1n) is 4.39. The molecule has 0 spiro atoms. The van der Waals surface area contributed by atoms with Crippen LogP contribution in [0.25, 0.3) is 0 Å². The molecule has 0 aliphatic rings. The first-order valence-corrected chi connectivity index (χ1v) is 4.92. The Kier molecular flexibility index (Phi) is 7.23. The number of hydrogen-bond donors (Lipinski definition) is 0. The molecule has 0 fully saturated rings. The second kappa shape index (κ2) is 7.39. The van der Waals surface area contributed by atoms with Crippen LogP contribution in [0.5, 0.6) is 0 Å². The normalized spacial score (nSPS) is 10.7. The lowest BCUT2D eigenvalue weighted by molar-refractivity contribution is 0.227. The van der Waals surface area contributed by atoms with Crippen molar-refractivity contribution in [1.29, 1.82) is 5.26 Å². The van der Waals surface area contributed by atoms with Crippen LogP contribution in [0.4, 0.5) is 0 Å². The molecular formula is C9H17ClN2. The molecule has 0 aromatic carbocycles. The van der Waals surface area contributed by atoms with Gasteiger partial charge in [-0.05, 0) is 26.8 Å². The van der Waals surface area contributed by atoms with E-state index >= 15 is 0 Å². The number of nitriles is 1. The third kappa shape index (κ3) is 5.40. The molecular weight excluding hydrogens is 172 g/mol. The Morgan fingerprint density at radius 3 is 2.50 bits per heavy atom. The van der Waals surface area contributed by atoms with Gasteiger partial charge in [-0.3, -0.25) is 4.90 Å². The minimum Gasteiger partial charge on any atom is -0.300 e. The summed E-state index contributed by atoms with van der Waals surface area (Å²) in [6.07, 6.45) is 1.62. The second-order valence-corrected chi connectivity index (χ2v) is 3.46. The lowest BCUT2D eigenvalue weighted by atomic mass is 10.2. The summed E-state index contributed by atoms with van der Waals surface area (Å²) in [6.45, 7) is 6.16. The van der Waals surface area contributed by atoms with E-state index in [1.807, 2.05) is 0 Å². The molecule has 0 saturated heterocycles. The highest BCUT2D eigenvalue weighted by Crippen LogP contribution is 2.01. The Bertz CT molecular complexity index is 140. The number of nitrogens with zero attached hydrogens (tertiary/aromatic N) is 2. The molecule has 3 heteroatoms. The number of rotatable bonds is 6. The Hall–Kier alpha value is -0.260. The summed E-state index contributed by atoms with van der Waals surface area (Å²) in [7, 11) is 0. The van der Waals surface area contributed by atoms with Crippen molar-refractivity contribution in [3.05, 3.63) is 0 Å². The molecule has 0 atom stereocenters. The maximum atomic E-state index is 8.42. The largest absolute Gasteiger partial charge is 0.300 e. The average molecular weight is 189 g/mol. The minimum absolute atomic E-state index is 0.515. The van der Waals surface area contributed by atoms with Crippen LogP contribution in [-0.4, -0.2) is 29.9 Å². The van der Waals surface area contributed by atoms with Crippen LogP contribution >= 0.6 is 11.6 Å². The summed E-state index contributed by atoms with van der Waals surface area (Å²) in [5, 5.41) is 8.42. The van der Waals surface area contributed by atoms with Gasteiger partial charge in [0.2, 0.25) is 0 Å². The van der Waals surface area contributed by atoms with Crippen molar-refractivity contribution in [2.45, 2.75) is 32.7 Å². The van der Waals surface area contributed by atoms with Crippen molar-refractivity contribution in [3.8, 4) is 6.07 Å². The number of hydrogen-bond acceptors (Lipinski definition) is 2. The van der Waals surface area contributed by atoms with Gasteiger partial charge in [-0.15, -0.1) is 11.6 Å². The van der Waals surface area contributed by atoms with Gasteiger partial charge < -0.3 is 0 Å². The third-order valence-corrected chi connectivity index (χ3v) is 2.09. The van der Waals surface area contributed by atoms with Crippen LogP contribution in [0.1, 0.15) is 26.7 Å². The van der Waals surface area contributed by atoms with Crippen LogP contribution in [0.2, 0.25) is 0 Å². The van der Waals surface area contributed by atoms with Gasteiger partial charge >= 0.3 is 0 Å². The fourth-order valence-corrected chi connectivity index (χ4v) is 1.20. The van der Waals surface area contributed by atoms with Gasteiger partial charge in [0.05, 0.1) is 6.07 Å². The topological polar surface area (TPSA) is 27.0 Å². The van der Waals surface area contributed by atoms with Crippen LogP contribution < -0.4 is 0 Å². The van der Waals surface area contributed by atoms with E-state index in [2.05, 4.69) is 24.8 Å². The van der Waals surface area contributed by atoms with Crippen LogP contribution in [0.15, 0.2) is 0 Å². The maximum Gasteiger partial charge on any atom is 0.0635 e. The first-order chi connectivity index (χ1) is 5.72. The first kappa shape index (κ1) is 11.7. The quantitative estimate of drug-likeness (QED) is 0.598. The molecule has 0 aliphatic carbocycles. The minimum atomic E-state index is 0.515. The summed E-state index contributed by atoms with van der Waals surface area (Å²) in [4.78, 5) is 2.28. The molecule has 0 N–H and O–H groups in total. The Balaban J connectivity index is 3.64. The Morgan fingerprint density at radius 1 is 1.42 bits per heavy atom. The second-order valence-electron chi connectivity index (χ2n) is 3.08. The van der Waals surface area contributed by atoms with Crippen LogP contribution in [0.3, 0.4) is 0 Å². The molecule has 0 heterocycles. The highest BCUT2D eigenvalue weighted by molar-refractivity contribution is 6.17. The Labute approximate surface area is 80.1 Å². The lowest BCUT2D eigenvalue weighted by Gasteiger charge is -2.24. The van der Waals surface area contributed by atoms with E-state index in [1.165, 1.54) is 0 Å². The molecule has 0 aliphatic heterocycles. The van der Waals surface area contributed by atoms with Crippen molar-refractivity contribution in [2.75, 3.05) is 19.0 Å². The van der Waals surface area contributed by atoms with E-state index in [0.717, 1.165) is 19.5 Å². The molecule has 2 nitrogen and oxygen atoms in total. The van der Waals surface area contributed by atoms with Crippen molar-refractivity contribution < 1.29 is 0 Å². The highest BCUT2D eigenvalue weighted by Gasteiger charge is 2.07. The van der Waals surface area contributed by atoms with E-state index < -0.39 is 0 Å².